The summed E-state index contributed by atoms with van der Waals surface area (Å²) < 4.78 is 7.15. The van der Waals surface area contributed by atoms with Gasteiger partial charge in [-0.2, -0.15) is 0 Å². The van der Waals surface area contributed by atoms with Crippen molar-refractivity contribution in [3.8, 4) is 5.75 Å². The molecule has 3 aromatic carbocycles. The summed E-state index contributed by atoms with van der Waals surface area (Å²) in [6.07, 6.45) is 1.48. The standard InChI is InChI=1S/C28H28BrNO2/c1-16(2)32-24-12-10-18(29)13-20(24)27-26-21(14-28(3,4)15-23(26)31)25-19-8-6-5-7-17(19)9-11-22(25)30-27/h5-13,16,27,30H,14-15H2,1-4H3. The van der Waals surface area contributed by atoms with Crippen LogP contribution in [0.2, 0.25) is 0 Å². The Morgan fingerprint density at radius 1 is 1.06 bits per heavy atom. The van der Waals surface area contributed by atoms with Gasteiger partial charge in [-0.15, -0.1) is 0 Å². The molecule has 4 heteroatoms. The number of halogens is 1. The van der Waals surface area contributed by atoms with E-state index in [0.29, 0.717) is 6.42 Å². The van der Waals surface area contributed by atoms with Gasteiger partial charge in [0.1, 0.15) is 5.75 Å². The quantitative estimate of drug-likeness (QED) is 0.409. The number of anilines is 1. The first-order valence-electron chi connectivity index (χ1n) is 11.2. The minimum atomic E-state index is -0.242. The van der Waals surface area contributed by atoms with Gasteiger partial charge in [0, 0.05) is 33.3 Å². The number of carbonyl (C=O) groups is 1. The van der Waals surface area contributed by atoms with Crippen molar-refractivity contribution in [2.24, 2.45) is 5.41 Å². The molecule has 0 aromatic heterocycles. The molecule has 0 saturated carbocycles. The van der Waals surface area contributed by atoms with Crippen LogP contribution in [0.5, 0.6) is 5.75 Å². The fourth-order valence-corrected chi connectivity index (χ4v) is 5.56. The van der Waals surface area contributed by atoms with Gasteiger partial charge in [0.05, 0.1) is 12.1 Å². The van der Waals surface area contributed by atoms with Crippen molar-refractivity contribution >= 4 is 43.7 Å². The Hall–Kier alpha value is -2.59. The smallest absolute Gasteiger partial charge is 0.162 e. The van der Waals surface area contributed by atoms with Crippen LogP contribution in [0.3, 0.4) is 0 Å². The van der Waals surface area contributed by atoms with Crippen LogP contribution in [0.1, 0.15) is 57.7 Å². The highest BCUT2D eigenvalue weighted by Gasteiger charge is 2.41. The van der Waals surface area contributed by atoms with E-state index in [0.717, 1.165) is 33.5 Å². The summed E-state index contributed by atoms with van der Waals surface area (Å²) in [6.45, 7) is 8.45. The second-order valence-corrected chi connectivity index (χ2v) is 10.9. The molecule has 0 spiro atoms. The van der Waals surface area contributed by atoms with Gasteiger partial charge in [-0.3, -0.25) is 4.79 Å². The number of Topliss-reactive ketones (excluding diaryl/α,β-unsaturated/α-hetero) is 1. The molecule has 0 amide bonds. The van der Waals surface area contributed by atoms with Crippen molar-refractivity contribution in [1.82, 2.24) is 0 Å². The maximum atomic E-state index is 13.6. The molecule has 1 aliphatic heterocycles. The highest BCUT2D eigenvalue weighted by molar-refractivity contribution is 9.10. The molecule has 1 heterocycles. The summed E-state index contributed by atoms with van der Waals surface area (Å²) in [5, 5.41) is 6.11. The van der Waals surface area contributed by atoms with Crippen LogP contribution in [0.4, 0.5) is 5.69 Å². The summed E-state index contributed by atoms with van der Waals surface area (Å²) in [5.41, 5.74) is 5.25. The topological polar surface area (TPSA) is 38.3 Å². The van der Waals surface area contributed by atoms with E-state index < -0.39 is 0 Å². The lowest BCUT2D eigenvalue weighted by Gasteiger charge is -2.40. The molecule has 1 aliphatic carbocycles. The molecule has 32 heavy (non-hydrogen) atoms. The molecule has 0 fully saturated rings. The minimum Gasteiger partial charge on any atom is -0.491 e. The van der Waals surface area contributed by atoms with E-state index >= 15 is 0 Å². The first-order valence-corrected chi connectivity index (χ1v) is 12.0. The molecule has 0 saturated heterocycles. The Balaban J connectivity index is 1.78. The second kappa shape index (κ2) is 7.77. The summed E-state index contributed by atoms with van der Waals surface area (Å²) in [4.78, 5) is 13.6. The zero-order valence-electron chi connectivity index (χ0n) is 19.0. The normalized spacial score (nSPS) is 19.6. The van der Waals surface area contributed by atoms with Gasteiger partial charge in [0.15, 0.2) is 5.78 Å². The number of rotatable bonds is 3. The van der Waals surface area contributed by atoms with E-state index in [2.05, 4.69) is 77.6 Å². The molecule has 1 atom stereocenters. The number of benzene rings is 3. The average molecular weight is 490 g/mol. The lowest BCUT2D eigenvalue weighted by Crippen LogP contribution is -2.33. The highest BCUT2D eigenvalue weighted by atomic mass is 79.9. The highest BCUT2D eigenvalue weighted by Crippen LogP contribution is 2.53. The number of hydrogen-bond acceptors (Lipinski definition) is 3. The SMILES string of the molecule is CC(C)Oc1ccc(Br)cc1C1Nc2ccc3ccccc3c2C2=C1C(=O)CC(C)(C)C2. The van der Waals surface area contributed by atoms with Gasteiger partial charge in [0.25, 0.3) is 0 Å². The Kier molecular flexibility index (Phi) is 5.16. The Bertz CT molecular complexity index is 1270. The Morgan fingerprint density at radius 3 is 2.62 bits per heavy atom. The molecule has 3 aromatic rings. The second-order valence-electron chi connectivity index (χ2n) is 9.97. The molecule has 2 aliphatic rings. The van der Waals surface area contributed by atoms with Crippen molar-refractivity contribution in [2.45, 2.75) is 52.7 Å². The number of ketones is 1. The summed E-state index contributed by atoms with van der Waals surface area (Å²) in [6, 6.07) is 18.6. The van der Waals surface area contributed by atoms with Gasteiger partial charge in [-0.05, 0) is 66.3 Å². The number of hydrogen-bond donors (Lipinski definition) is 1. The van der Waals surface area contributed by atoms with Crippen LogP contribution >= 0.6 is 15.9 Å². The molecular formula is C28H28BrNO2. The van der Waals surface area contributed by atoms with Gasteiger partial charge < -0.3 is 10.1 Å². The van der Waals surface area contributed by atoms with Crippen LogP contribution in [-0.4, -0.2) is 11.9 Å². The third kappa shape index (κ3) is 3.65. The zero-order valence-corrected chi connectivity index (χ0v) is 20.5. The number of ether oxygens (including phenoxy) is 1. The van der Waals surface area contributed by atoms with Crippen molar-refractivity contribution in [1.29, 1.82) is 0 Å². The first kappa shape index (κ1) is 21.3. The van der Waals surface area contributed by atoms with Crippen molar-refractivity contribution in [2.75, 3.05) is 5.32 Å². The Morgan fingerprint density at radius 2 is 1.84 bits per heavy atom. The predicted octanol–water partition coefficient (Wildman–Crippen LogP) is 7.70. The van der Waals surface area contributed by atoms with Gasteiger partial charge >= 0.3 is 0 Å². The predicted molar refractivity (Wildman–Crippen MR) is 135 cm³/mol. The monoisotopic (exact) mass is 489 g/mol. The van der Waals surface area contributed by atoms with Crippen molar-refractivity contribution in [3.63, 3.8) is 0 Å². The maximum absolute atomic E-state index is 13.6. The minimum absolute atomic E-state index is 0.0455. The van der Waals surface area contributed by atoms with E-state index in [4.69, 9.17) is 4.74 Å². The summed E-state index contributed by atoms with van der Waals surface area (Å²) >= 11 is 3.63. The van der Waals surface area contributed by atoms with Crippen LogP contribution in [0, 0.1) is 5.41 Å². The Labute approximate surface area is 198 Å². The number of nitrogens with one attached hydrogen (secondary N) is 1. The fourth-order valence-electron chi connectivity index (χ4n) is 5.18. The lowest BCUT2D eigenvalue weighted by molar-refractivity contribution is -0.118. The van der Waals surface area contributed by atoms with Crippen molar-refractivity contribution < 1.29 is 9.53 Å². The summed E-state index contributed by atoms with van der Waals surface area (Å²) in [7, 11) is 0. The van der Waals surface area contributed by atoms with E-state index in [1.165, 1.54) is 21.9 Å². The largest absolute Gasteiger partial charge is 0.491 e. The van der Waals surface area contributed by atoms with Gasteiger partial charge in [-0.1, -0.05) is 60.1 Å². The molecule has 3 nitrogen and oxygen atoms in total. The molecule has 0 radical (unpaired) electrons. The molecule has 1 N–H and O–H groups in total. The summed E-state index contributed by atoms with van der Waals surface area (Å²) in [5.74, 6) is 1.04. The molecule has 164 valence electrons. The van der Waals surface area contributed by atoms with Crippen LogP contribution in [0.25, 0.3) is 16.3 Å². The molecular weight excluding hydrogens is 462 g/mol. The van der Waals surface area contributed by atoms with Crippen LogP contribution < -0.4 is 10.1 Å². The average Bonchev–Trinajstić information content (AvgIpc) is 2.72. The van der Waals surface area contributed by atoms with E-state index in [9.17, 15) is 4.79 Å². The zero-order chi connectivity index (χ0) is 22.6. The van der Waals surface area contributed by atoms with Crippen LogP contribution in [0.15, 0.2) is 64.6 Å². The number of allylic oxidation sites excluding steroid dienone is 1. The first-order chi connectivity index (χ1) is 15.2. The molecule has 5 rings (SSSR count). The maximum Gasteiger partial charge on any atom is 0.162 e. The van der Waals surface area contributed by atoms with Crippen LogP contribution in [-0.2, 0) is 4.79 Å². The fraction of sp³-hybridized carbons (Fsp3) is 0.321. The van der Waals surface area contributed by atoms with E-state index in [1.54, 1.807) is 0 Å². The van der Waals surface area contributed by atoms with E-state index in [1.807, 2.05) is 26.0 Å². The third-order valence-electron chi connectivity index (χ3n) is 6.38. The molecule has 1 unspecified atom stereocenters. The number of fused-ring (bicyclic) bond motifs is 4. The van der Waals surface area contributed by atoms with E-state index in [-0.39, 0.29) is 23.3 Å². The lowest BCUT2D eigenvalue weighted by atomic mass is 9.68. The van der Waals surface area contributed by atoms with Gasteiger partial charge in [0.2, 0.25) is 0 Å². The third-order valence-corrected chi connectivity index (χ3v) is 6.88. The van der Waals surface area contributed by atoms with Crippen molar-refractivity contribution in [3.05, 3.63) is 75.8 Å². The molecule has 0 bridgehead atoms. The van der Waals surface area contributed by atoms with Gasteiger partial charge in [-0.25, -0.2) is 0 Å². The number of carbonyl (C=O) groups excluding carboxylic acids is 1.